The molecule has 0 saturated carbocycles. The highest BCUT2D eigenvalue weighted by Crippen LogP contribution is 2.22. The van der Waals surface area contributed by atoms with Gasteiger partial charge in [-0.25, -0.2) is 9.78 Å². The molecule has 154 valence electrons. The van der Waals surface area contributed by atoms with E-state index in [1.165, 1.54) is 17.5 Å². The lowest BCUT2D eigenvalue weighted by Crippen LogP contribution is -2.07. The van der Waals surface area contributed by atoms with Crippen LogP contribution in [0.15, 0.2) is 47.5 Å². The molecular weight excluding hydrogens is 388 g/mol. The summed E-state index contributed by atoms with van der Waals surface area (Å²) in [4.78, 5) is 26.2. The van der Waals surface area contributed by atoms with Crippen LogP contribution in [0.1, 0.15) is 35.3 Å². The lowest BCUT2D eigenvalue weighted by molar-refractivity contribution is 0.0532. The number of esters is 1. The van der Waals surface area contributed by atoms with Crippen LogP contribution >= 0.6 is 11.3 Å². The molecule has 0 aliphatic rings. The van der Waals surface area contributed by atoms with Crippen molar-refractivity contribution >= 4 is 40.5 Å². The topological polar surface area (TPSA) is 107 Å². The maximum Gasteiger partial charge on any atom is 0.348 e. The molecule has 3 aromatic heterocycles. The molecule has 29 heavy (non-hydrogen) atoms. The number of aromatic nitrogens is 3. The number of anilines is 1. The first kappa shape index (κ1) is 22.1. The number of carbonyl (C=O) groups excluding carboxylic acids is 1. The molecule has 3 heterocycles. The zero-order valence-corrected chi connectivity index (χ0v) is 17.9. The number of hydrogen-bond donors (Lipinski definition) is 2. The number of hydrogen-bond acceptors (Lipinski definition) is 8. The van der Waals surface area contributed by atoms with Crippen LogP contribution in [0.25, 0.3) is 11.0 Å². The molecule has 9 heteroatoms. The molecule has 8 nitrogen and oxygen atoms in total. The van der Waals surface area contributed by atoms with Crippen molar-refractivity contribution < 1.29 is 9.53 Å². The van der Waals surface area contributed by atoms with Gasteiger partial charge in [0.15, 0.2) is 0 Å². The van der Waals surface area contributed by atoms with Gasteiger partial charge in [0.25, 0.3) is 0 Å². The SMILES string of the molecule is CC.CCOC(=O)c1ccc(Cn2ccc3cnc(N/C(C=NC)=C/N)nc32)s1. The highest BCUT2D eigenvalue weighted by Gasteiger charge is 2.12. The third-order valence-corrected chi connectivity index (χ3v) is 4.72. The van der Waals surface area contributed by atoms with E-state index in [0.717, 1.165) is 15.9 Å². The van der Waals surface area contributed by atoms with Crippen molar-refractivity contribution in [1.29, 1.82) is 0 Å². The van der Waals surface area contributed by atoms with Crippen LogP contribution in [-0.2, 0) is 11.3 Å². The van der Waals surface area contributed by atoms with E-state index in [0.29, 0.717) is 29.7 Å². The second kappa shape index (κ2) is 11.0. The molecule has 0 fully saturated rings. The van der Waals surface area contributed by atoms with Gasteiger partial charge in [0.1, 0.15) is 10.5 Å². The molecule has 3 aromatic rings. The third-order valence-electron chi connectivity index (χ3n) is 3.67. The number of nitrogens with zero attached hydrogens (tertiary/aromatic N) is 4. The fourth-order valence-electron chi connectivity index (χ4n) is 2.49. The summed E-state index contributed by atoms with van der Waals surface area (Å²) in [6.45, 7) is 6.75. The second-order valence-corrected chi connectivity index (χ2v) is 6.71. The molecule has 0 unspecified atom stereocenters. The van der Waals surface area contributed by atoms with Gasteiger partial charge < -0.3 is 20.4 Å². The quantitative estimate of drug-likeness (QED) is 0.451. The highest BCUT2D eigenvalue weighted by molar-refractivity contribution is 7.13. The number of rotatable bonds is 7. The van der Waals surface area contributed by atoms with Gasteiger partial charge in [0, 0.05) is 42.1 Å². The fourth-order valence-corrected chi connectivity index (χ4v) is 3.39. The van der Waals surface area contributed by atoms with Crippen LogP contribution in [0.4, 0.5) is 5.95 Å². The van der Waals surface area contributed by atoms with Gasteiger partial charge >= 0.3 is 5.97 Å². The van der Waals surface area contributed by atoms with Gasteiger partial charge in [0.2, 0.25) is 5.95 Å². The number of nitrogens with two attached hydrogens (primary N) is 1. The predicted octanol–water partition coefficient (Wildman–Crippen LogP) is 3.66. The summed E-state index contributed by atoms with van der Waals surface area (Å²) in [6.07, 6.45) is 6.69. The molecule has 0 radical (unpaired) electrons. The Morgan fingerprint density at radius 2 is 2.17 bits per heavy atom. The zero-order valence-electron chi connectivity index (χ0n) is 17.0. The van der Waals surface area contributed by atoms with Crippen molar-refractivity contribution in [3.63, 3.8) is 0 Å². The van der Waals surface area contributed by atoms with E-state index < -0.39 is 0 Å². The van der Waals surface area contributed by atoms with E-state index in [1.54, 1.807) is 32.4 Å². The van der Waals surface area contributed by atoms with E-state index in [4.69, 9.17) is 10.5 Å². The fraction of sp³-hybridized carbons (Fsp3) is 0.300. The lowest BCUT2D eigenvalue weighted by atomic mass is 10.4. The Bertz CT molecular complexity index is 1010. The van der Waals surface area contributed by atoms with Crippen molar-refractivity contribution in [3.05, 3.63) is 52.2 Å². The normalized spacial score (nSPS) is 11.4. The van der Waals surface area contributed by atoms with E-state index in [9.17, 15) is 4.79 Å². The van der Waals surface area contributed by atoms with Crippen molar-refractivity contribution in [2.24, 2.45) is 10.7 Å². The average Bonchev–Trinajstić information content (AvgIpc) is 3.37. The number of thiophene rings is 1. The standard InChI is InChI=1S/C18H20N6O2S.C2H6/c1-3-26-17(25)15-5-4-14(27-15)11-24-7-6-12-9-21-18(23-16(12)24)22-13(8-19)10-20-2;1-2/h4-10H,3,11,19H2,1-2H3,(H,21,22,23);1-2H3/b13-8+,20-10?;. The summed E-state index contributed by atoms with van der Waals surface area (Å²) in [5, 5.41) is 3.95. The van der Waals surface area contributed by atoms with E-state index in [-0.39, 0.29) is 5.97 Å². The van der Waals surface area contributed by atoms with Gasteiger partial charge in [-0.15, -0.1) is 11.3 Å². The summed E-state index contributed by atoms with van der Waals surface area (Å²) in [7, 11) is 1.66. The molecule has 0 saturated heterocycles. The number of nitrogens with one attached hydrogen (secondary N) is 1. The number of allylic oxidation sites excluding steroid dienone is 1. The summed E-state index contributed by atoms with van der Waals surface area (Å²) in [5.41, 5.74) is 6.95. The monoisotopic (exact) mass is 414 g/mol. The number of fused-ring (bicyclic) bond motifs is 1. The molecule has 3 rings (SSSR count). The van der Waals surface area contributed by atoms with E-state index in [2.05, 4.69) is 20.3 Å². The second-order valence-electron chi connectivity index (χ2n) is 5.54. The van der Waals surface area contributed by atoms with Crippen LogP contribution in [-0.4, -0.2) is 40.4 Å². The first-order valence-corrected chi connectivity index (χ1v) is 10.1. The molecule has 0 spiro atoms. The molecule has 0 bridgehead atoms. The predicted molar refractivity (Wildman–Crippen MR) is 119 cm³/mol. The van der Waals surface area contributed by atoms with Gasteiger partial charge in [-0.1, -0.05) is 13.8 Å². The molecule has 0 aliphatic carbocycles. The minimum atomic E-state index is -0.293. The molecular formula is C20H26N6O2S. The van der Waals surface area contributed by atoms with E-state index >= 15 is 0 Å². The highest BCUT2D eigenvalue weighted by atomic mass is 32.1. The van der Waals surface area contributed by atoms with Crippen LogP contribution in [0.5, 0.6) is 0 Å². The van der Waals surface area contributed by atoms with Crippen LogP contribution < -0.4 is 11.1 Å². The van der Waals surface area contributed by atoms with Crippen molar-refractivity contribution in [3.8, 4) is 0 Å². The first-order valence-electron chi connectivity index (χ1n) is 9.33. The minimum absolute atomic E-state index is 0.293. The number of carbonyl (C=O) groups is 1. The van der Waals surface area contributed by atoms with Gasteiger partial charge in [-0.05, 0) is 25.1 Å². The molecule has 0 aromatic carbocycles. The largest absolute Gasteiger partial charge is 0.462 e. The van der Waals surface area contributed by atoms with E-state index in [1.807, 2.05) is 36.7 Å². The first-order chi connectivity index (χ1) is 14.1. The zero-order chi connectivity index (χ0) is 21.2. The number of ether oxygens (including phenoxy) is 1. The Morgan fingerprint density at radius 3 is 2.86 bits per heavy atom. The molecule has 0 aliphatic heterocycles. The van der Waals surface area contributed by atoms with Crippen LogP contribution in [0.3, 0.4) is 0 Å². The van der Waals surface area contributed by atoms with Crippen molar-refractivity contribution in [1.82, 2.24) is 14.5 Å². The summed E-state index contributed by atoms with van der Waals surface area (Å²) in [5.74, 6) is 0.135. The Labute approximate surface area is 174 Å². The van der Waals surface area contributed by atoms with Crippen molar-refractivity contribution in [2.75, 3.05) is 19.0 Å². The maximum absolute atomic E-state index is 11.8. The van der Waals surface area contributed by atoms with Crippen LogP contribution in [0.2, 0.25) is 0 Å². The smallest absolute Gasteiger partial charge is 0.348 e. The summed E-state index contributed by atoms with van der Waals surface area (Å²) >= 11 is 1.42. The minimum Gasteiger partial charge on any atom is -0.462 e. The third kappa shape index (κ3) is 5.64. The van der Waals surface area contributed by atoms with Crippen LogP contribution in [0, 0.1) is 0 Å². The van der Waals surface area contributed by atoms with Gasteiger partial charge in [-0.2, -0.15) is 4.98 Å². The molecule has 0 amide bonds. The van der Waals surface area contributed by atoms with Gasteiger partial charge in [-0.3, -0.25) is 4.99 Å². The average molecular weight is 415 g/mol. The Morgan fingerprint density at radius 1 is 1.38 bits per heavy atom. The Kier molecular flexibility index (Phi) is 8.35. The molecule has 3 N–H and O–H groups in total. The maximum atomic E-state index is 11.8. The van der Waals surface area contributed by atoms with Gasteiger partial charge in [0.05, 0.1) is 18.8 Å². The lowest BCUT2D eigenvalue weighted by Gasteiger charge is -2.06. The Balaban J connectivity index is 0.00000145. The summed E-state index contributed by atoms with van der Waals surface area (Å²) in [6, 6.07) is 5.66. The van der Waals surface area contributed by atoms with Crippen molar-refractivity contribution in [2.45, 2.75) is 27.3 Å². The molecule has 0 atom stereocenters. The summed E-state index contributed by atoms with van der Waals surface area (Å²) < 4.78 is 7.04. The Hall–Kier alpha value is -3.20. The number of aliphatic imine (C=N–C) groups is 1.